The number of nitrogens with one attached hydrogen (secondary N) is 3. The molecule has 9 heteroatoms. The maximum atomic E-state index is 11.7. The van der Waals surface area contributed by atoms with E-state index >= 15 is 0 Å². The lowest BCUT2D eigenvalue weighted by molar-refractivity contribution is -0.139. The Morgan fingerprint density at radius 1 is 1.38 bits per heavy atom. The normalized spacial score (nSPS) is 13.1. The van der Waals surface area contributed by atoms with Crippen LogP contribution >= 0.6 is 0 Å². The van der Waals surface area contributed by atoms with E-state index in [4.69, 9.17) is 5.11 Å². The van der Waals surface area contributed by atoms with Crippen molar-refractivity contribution in [3.8, 4) is 0 Å². The molecular weight excluding hydrogens is 278 g/mol. The van der Waals surface area contributed by atoms with Crippen molar-refractivity contribution in [3.05, 3.63) is 18.2 Å². The number of likely N-dealkylation sites (N-methyl/N-ethyl adjacent to an activating group) is 1. The summed E-state index contributed by atoms with van der Waals surface area (Å²) in [4.78, 5) is 42.4. The molecule has 116 valence electrons. The van der Waals surface area contributed by atoms with Gasteiger partial charge in [-0.3, -0.25) is 4.79 Å². The number of carbonyl (C=O) groups is 3. The largest absolute Gasteiger partial charge is 0.480 e. The van der Waals surface area contributed by atoms with E-state index in [0.717, 1.165) is 0 Å². The summed E-state index contributed by atoms with van der Waals surface area (Å²) in [6, 6.07) is -2.58. The molecule has 0 saturated heterocycles. The van der Waals surface area contributed by atoms with Crippen molar-refractivity contribution in [3.63, 3.8) is 0 Å². The number of amides is 3. The molecule has 1 aromatic heterocycles. The van der Waals surface area contributed by atoms with E-state index in [0.29, 0.717) is 5.69 Å². The van der Waals surface area contributed by atoms with Crippen LogP contribution in [0.15, 0.2) is 12.5 Å². The number of hydrogen-bond acceptors (Lipinski definition) is 4. The quantitative estimate of drug-likeness (QED) is 0.545. The van der Waals surface area contributed by atoms with Gasteiger partial charge in [-0.25, -0.2) is 14.6 Å². The van der Waals surface area contributed by atoms with Crippen molar-refractivity contribution < 1.29 is 19.5 Å². The molecule has 0 radical (unpaired) electrons. The molecular formula is C12H19N5O4. The van der Waals surface area contributed by atoms with Crippen molar-refractivity contribution >= 4 is 17.9 Å². The van der Waals surface area contributed by atoms with E-state index in [1.165, 1.54) is 24.3 Å². The maximum Gasteiger partial charge on any atom is 0.326 e. The minimum Gasteiger partial charge on any atom is -0.480 e. The fourth-order valence-electron chi connectivity index (χ4n) is 1.66. The van der Waals surface area contributed by atoms with Crippen LogP contribution in [0.25, 0.3) is 0 Å². The van der Waals surface area contributed by atoms with Crippen LogP contribution in [0.2, 0.25) is 0 Å². The number of rotatable bonds is 6. The minimum absolute atomic E-state index is 0.0682. The molecule has 1 rings (SSSR count). The number of imidazole rings is 1. The zero-order valence-electron chi connectivity index (χ0n) is 12.1. The Bertz CT molecular complexity index is 500. The van der Waals surface area contributed by atoms with Gasteiger partial charge in [-0.2, -0.15) is 0 Å². The summed E-state index contributed by atoms with van der Waals surface area (Å²) in [5, 5.41) is 13.8. The SMILES string of the molecule is CC(NC(=O)NC(Cc1cnc[nH]1)C(=O)O)C(=O)N(C)C. The number of aliphatic carboxylic acids is 1. The Hall–Kier alpha value is -2.58. The third-order valence-corrected chi connectivity index (χ3v) is 2.74. The summed E-state index contributed by atoms with van der Waals surface area (Å²) in [6.07, 6.45) is 2.97. The van der Waals surface area contributed by atoms with Gasteiger partial charge < -0.3 is 25.6 Å². The molecule has 0 bridgehead atoms. The Labute approximate surface area is 121 Å². The van der Waals surface area contributed by atoms with Crippen LogP contribution in [-0.4, -0.2) is 64.1 Å². The van der Waals surface area contributed by atoms with Gasteiger partial charge in [0.2, 0.25) is 5.91 Å². The van der Waals surface area contributed by atoms with Crippen molar-refractivity contribution in [2.75, 3.05) is 14.1 Å². The summed E-state index contributed by atoms with van der Waals surface area (Å²) < 4.78 is 0. The molecule has 0 fully saturated rings. The van der Waals surface area contributed by atoms with Crippen LogP contribution in [0.4, 0.5) is 4.79 Å². The first-order chi connectivity index (χ1) is 9.81. The first-order valence-corrected chi connectivity index (χ1v) is 6.29. The molecule has 0 saturated carbocycles. The molecule has 0 spiro atoms. The molecule has 4 N–H and O–H groups in total. The molecule has 0 aliphatic rings. The van der Waals surface area contributed by atoms with Crippen LogP contribution in [-0.2, 0) is 16.0 Å². The van der Waals surface area contributed by atoms with Crippen molar-refractivity contribution in [2.45, 2.75) is 25.4 Å². The highest BCUT2D eigenvalue weighted by Gasteiger charge is 2.23. The highest BCUT2D eigenvalue weighted by atomic mass is 16.4. The van der Waals surface area contributed by atoms with Crippen molar-refractivity contribution in [1.29, 1.82) is 0 Å². The summed E-state index contributed by atoms with van der Waals surface area (Å²) >= 11 is 0. The lowest BCUT2D eigenvalue weighted by Crippen LogP contribution is -2.52. The van der Waals surface area contributed by atoms with Crippen LogP contribution < -0.4 is 10.6 Å². The number of carboxylic acid groups (broad SMARTS) is 1. The molecule has 9 nitrogen and oxygen atoms in total. The van der Waals surface area contributed by atoms with Crippen LogP contribution in [0.1, 0.15) is 12.6 Å². The van der Waals surface area contributed by atoms with Crippen LogP contribution in [0.3, 0.4) is 0 Å². The predicted octanol–water partition coefficient (Wildman–Crippen LogP) is -0.819. The highest BCUT2D eigenvalue weighted by molar-refractivity contribution is 5.88. The second-order valence-electron chi connectivity index (χ2n) is 4.74. The topological polar surface area (TPSA) is 127 Å². The fourth-order valence-corrected chi connectivity index (χ4v) is 1.66. The number of aromatic amines is 1. The van der Waals surface area contributed by atoms with Gasteiger partial charge in [0, 0.05) is 32.4 Å². The minimum atomic E-state index is -1.17. The molecule has 1 aromatic rings. The second kappa shape index (κ2) is 7.27. The molecule has 3 amide bonds. The molecule has 0 aromatic carbocycles. The monoisotopic (exact) mass is 297 g/mol. The predicted molar refractivity (Wildman–Crippen MR) is 73.5 cm³/mol. The van der Waals surface area contributed by atoms with E-state index in [9.17, 15) is 14.4 Å². The molecule has 0 aliphatic carbocycles. The molecule has 21 heavy (non-hydrogen) atoms. The number of nitrogens with zero attached hydrogens (tertiary/aromatic N) is 2. The van der Waals surface area contributed by atoms with Crippen molar-refractivity contribution in [1.82, 2.24) is 25.5 Å². The van der Waals surface area contributed by atoms with Gasteiger partial charge in [0.25, 0.3) is 0 Å². The number of carbonyl (C=O) groups excluding carboxylic acids is 2. The summed E-state index contributed by atoms with van der Waals surface area (Å²) in [5.74, 6) is -1.46. The Morgan fingerprint density at radius 2 is 2.05 bits per heavy atom. The van der Waals surface area contributed by atoms with Gasteiger partial charge in [-0.05, 0) is 6.92 Å². The highest BCUT2D eigenvalue weighted by Crippen LogP contribution is 1.99. The third-order valence-electron chi connectivity index (χ3n) is 2.74. The lowest BCUT2D eigenvalue weighted by atomic mass is 10.1. The summed E-state index contributed by atoms with van der Waals surface area (Å²) in [5.41, 5.74) is 0.583. The average molecular weight is 297 g/mol. The van der Waals surface area contributed by atoms with Gasteiger partial charge in [0.05, 0.1) is 6.33 Å². The average Bonchev–Trinajstić information content (AvgIpc) is 2.89. The van der Waals surface area contributed by atoms with Gasteiger partial charge >= 0.3 is 12.0 Å². The Kier molecular flexibility index (Phi) is 5.70. The first kappa shape index (κ1) is 16.5. The molecule has 1 heterocycles. The second-order valence-corrected chi connectivity index (χ2v) is 4.74. The van der Waals surface area contributed by atoms with Gasteiger partial charge in [0.15, 0.2) is 0 Å². The van der Waals surface area contributed by atoms with E-state index in [-0.39, 0.29) is 12.3 Å². The molecule has 0 aliphatic heterocycles. The standard InChI is InChI=1S/C12H19N5O4/c1-7(10(18)17(2)3)15-12(21)16-9(11(19)20)4-8-5-13-6-14-8/h5-7,9H,4H2,1-3H3,(H,13,14)(H,19,20)(H2,15,16,21). The van der Waals surface area contributed by atoms with Crippen LogP contribution in [0, 0.1) is 0 Å². The summed E-state index contributed by atoms with van der Waals surface area (Å²) in [6.45, 7) is 1.52. The van der Waals surface area contributed by atoms with Gasteiger partial charge in [-0.1, -0.05) is 0 Å². The maximum absolute atomic E-state index is 11.7. The molecule has 2 unspecified atom stereocenters. The Balaban J connectivity index is 2.57. The van der Waals surface area contributed by atoms with Gasteiger partial charge in [-0.15, -0.1) is 0 Å². The van der Waals surface area contributed by atoms with Crippen LogP contribution in [0.5, 0.6) is 0 Å². The number of aromatic nitrogens is 2. The fraction of sp³-hybridized carbons (Fsp3) is 0.500. The smallest absolute Gasteiger partial charge is 0.326 e. The zero-order chi connectivity index (χ0) is 16.0. The number of urea groups is 1. The molecule has 2 atom stereocenters. The number of H-pyrrole nitrogens is 1. The summed E-state index contributed by atoms with van der Waals surface area (Å²) in [7, 11) is 3.13. The van der Waals surface area contributed by atoms with E-state index < -0.39 is 24.1 Å². The van der Waals surface area contributed by atoms with Crippen molar-refractivity contribution in [2.24, 2.45) is 0 Å². The zero-order valence-corrected chi connectivity index (χ0v) is 12.1. The lowest BCUT2D eigenvalue weighted by Gasteiger charge is -2.20. The van der Waals surface area contributed by atoms with E-state index in [2.05, 4.69) is 20.6 Å². The number of hydrogen-bond donors (Lipinski definition) is 4. The van der Waals surface area contributed by atoms with E-state index in [1.54, 1.807) is 14.1 Å². The third kappa shape index (κ3) is 5.13. The Morgan fingerprint density at radius 3 is 2.52 bits per heavy atom. The first-order valence-electron chi connectivity index (χ1n) is 6.29. The van der Waals surface area contributed by atoms with Gasteiger partial charge in [0.1, 0.15) is 12.1 Å². The van der Waals surface area contributed by atoms with E-state index in [1.807, 2.05) is 0 Å². The number of carboxylic acids is 1.